The first-order valence-corrected chi connectivity index (χ1v) is 10.2. The molecule has 2 aliphatic carbocycles. The minimum atomic E-state index is 0.760. The molecule has 0 spiro atoms. The van der Waals surface area contributed by atoms with Crippen molar-refractivity contribution < 1.29 is 0 Å². The van der Waals surface area contributed by atoms with Crippen LogP contribution in [-0.4, -0.2) is 51.4 Å². The molecule has 2 saturated carbocycles. The molecule has 3 unspecified atom stereocenters. The fraction of sp³-hybridized carbons (Fsp3) is 1.00. The van der Waals surface area contributed by atoms with Crippen molar-refractivity contribution in [3.63, 3.8) is 0 Å². The van der Waals surface area contributed by atoms with E-state index in [1.54, 1.807) is 0 Å². The van der Waals surface area contributed by atoms with E-state index >= 15 is 0 Å². The van der Waals surface area contributed by atoms with Gasteiger partial charge in [0, 0.05) is 12.1 Å². The molecule has 2 fully saturated rings. The minimum absolute atomic E-state index is 0.760. The number of hydrogen-bond acceptors (Lipinski definition) is 4. The van der Waals surface area contributed by atoms with Crippen molar-refractivity contribution in [1.82, 2.24) is 21.3 Å². The molecule has 136 valence electrons. The summed E-state index contributed by atoms with van der Waals surface area (Å²) in [5.41, 5.74) is 0. The zero-order chi connectivity index (χ0) is 16.3. The molecule has 0 aromatic heterocycles. The van der Waals surface area contributed by atoms with Crippen LogP contribution >= 0.6 is 0 Å². The first-order valence-electron chi connectivity index (χ1n) is 10.2. The Bertz CT molecular complexity index is 269. The van der Waals surface area contributed by atoms with Gasteiger partial charge in [0.15, 0.2) is 0 Å². The molecule has 0 amide bonds. The van der Waals surface area contributed by atoms with Crippen molar-refractivity contribution in [2.24, 2.45) is 11.8 Å². The SMILES string of the molecule is CCNC1CCCC1CNCCCNCC1CCC[C@H]1NCC. The fourth-order valence-electron chi connectivity index (χ4n) is 4.54. The van der Waals surface area contributed by atoms with Crippen LogP contribution in [0.5, 0.6) is 0 Å². The molecule has 0 aromatic rings. The van der Waals surface area contributed by atoms with E-state index in [2.05, 4.69) is 35.1 Å². The Kier molecular flexibility index (Phi) is 9.50. The molecule has 0 saturated heterocycles. The molecule has 0 bridgehead atoms. The summed E-state index contributed by atoms with van der Waals surface area (Å²) < 4.78 is 0. The Morgan fingerprint density at radius 1 is 0.696 bits per heavy atom. The maximum atomic E-state index is 3.68. The normalized spacial score (nSPS) is 31.0. The third-order valence-electron chi connectivity index (χ3n) is 5.77. The molecule has 0 aromatic carbocycles. The molecule has 2 rings (SSSR count). The molecule has 4 heteroatoms. The third-order valence-corrected chi connectivity index (χ3v) is 5.77. The summed E-state index contributed by atoms with van der Waals surface area (Å²) in [6.45, 7) is 11.4. The number of hydrogen-bond donors (Lipinski definition) is 4. The second-order valence-corrected chi connectivity index (χ2v) is 7.47. The van der Waals surface area contributed by atoms with Crippen LogP contribution in [0.25, 0.3) is 0 Å². The van der Waals surface area contributed by atoms with E-state index in [0.717, 1.165) is 50.1 Å². The van der Waals surface area contributed by atoms with Crippen LogP contribution in [0.15, 0.2) is 0 Å². The Morgan fingerprint density at radius 3 is 1.61 bits per heavy atom. The van der Waals surface area contributed by atoms with Gasteiger partial charge >= 0.3 is 0 Å². The molecule has 0 radical (unpaired) electrons. The van der Waals surface area contributed by atoms with Crippen molar-refractivity contribution in [2.75, 3.05) is 39.3 Å². The van der Waals surface area contributed by atoms with Gasteiger partial charge in [0.05, 0.1) is 0 Å². The monoisotopic (exact) mass is 324 g/mol. The third kappa shape index (κ3) is 6.69. The van der Waals surface area contributed by atoms with Gasteiger partial charge in [0.25, 0.3) is 0 Å². The van der Waals surface area contributed by atoms with E-state index in [1.165, 1.54) is 58.0 Å². The Balaban J connectivity index is 1.45. The second-order valence-electron chi connectivity index (χ2n) is 7.47. The summed E-state index contributed by atoms with van der Waals surface area (Å²) in [4.78, 5) is 0. The number of rotatable bonds is 12. The largest absolute Gasteiger partial charge is 0.316 e. The summed E-state index contributed by atoms with van der Waals surface area (Å²) in [7, 11) is 0. The molecular formula is C19H40N4. The van der Waals surface area contributed by atoms with Gasteiger partial charge < -0.3 is 21.3 Å². The predicted molar refractivity (Wildman–Crippen MR) is 100.0 cm³/mol. The summed E-state index contributed by atoms with van der Waals surface area (Å²) in [6.07, 6.45) is 9.59. The Labute approximate surface area is 143 Å². The first-order chi connectivity index (χ1) is 11.3. The molecular weight excluding hydrogens is 284 g/mol. The van der Waals surface area contributed by atoms with Gasteiger partial charge in [0.1, 0.15) is 0 Å². The predicted octanol–water partition coefficient (Wildman–Crippen LogP) is 2.11. The van der Waals surface area contributed by atoms with Crippen molar-refractivity contribution in [3.05, 3.63) is 0 Å². The molecule has 2 aliphatic rings. The van der Waals surface area contributed by atoms with E-state index < -0.39 is 0 Å². The number of nitrogens with one attached hydrogen (secondary N) is 4. The van der Waals surface area contributed by atoms with Crippen molar-refractivity contribution in [3.8, 4) is 0 Å². The smallest absolute Gasteiger partial charge is 0.0107 e. The molecule has 0 aliphatic heterocycles. The lowest BCUT2D eigenvalue weighted by atomic mass is 10.0. The summed E-state index contributed by atoms with van der Waals surface area (Å²) in [6, 6.07) is 1.52. The summed E-state index contributed by atoms with van der Waals surface area (Å²) in [5.74, 6) is 1.70. The van der Waals surface area contributed by atoms with Crippen LogP contribution in [0.3, 0.4) is 0 Å². The molecule has 0 heterocycles. The molecule has 4 nitrogen and oxygen atoms in total. The van der Waals surface area contributed by atoms with E-state index in [1.807, 2.05) is 0 Å². The zero-order valence-corrected chi connectivity index (χ0v) is 15.5. The van der Waals surface area contributed by atoms with Gasteiger partial charge in [-0.05, 0) is 83.2 Å². The fourth-order valence-corrected chi connectivity index (χ4v) is 4.54. The van der Waals surface area contributed by atoms with Gasteiger partial charge in [-0.3, -0.25) is 0 Å². The quantitative estimate of drug-likeness (QED) is 0.415. The van der Waals surface area contributed by atoms with Crippen LogP contribution in [0.4, 0.5) is 0 Å². The van der Waals surface area contributed by atoms with Crippen LogP contribution in [0.2, 0.25) is 0 Å². The van der Waals surface area contributed by atoms with Crippen molar-refractivity contribution in [1.29, 1.82) is 0 Å². The average molecular weight is 325 g/mol. The van der Waals surface area contributed by atoms with Crippen LogP contribution in [-0.2, 0) is 0 Å². The highest BCUT2D eigenvalue weighted by atomic mass is 15.0. The molecule has 4 atom stereocenters. The van der Waals surface area contributed by atoms with Crippen LogP contribution in [0.1, 0.15) is 58.8 Å². The lowest BCUT2D eigenvalue weighted by Crippen LogP contribution is -2.39. The van der Waals surface area contributed by atoms with Gasteiger partial charge in [-0.25, -0.2) is 0 Å². The lowest BCUT2D eigenvalue weighted by Gasteiger charge is -2.21. The first kappa shape index (κ1) is 19.2. The van der Waals surface area contributed by atoms with Crippen LogP contribution in [0, 0.1) is 11.8 Å². The summed E-state index contributed by atoms with van der Waals surface area (Å²) >= 11 is 0. The van der Waals surface area contributed by atoms with Gasteiger partial charge in [0.2, 0.25) is 0 Å². The standard InChI is InChI=1S/C19H40N4/c1-3-22-18-10-5-8-16(18)14-20-12-7-13-21-15-17-9-6-11-19(17)23-4-2/h16-23H,3-15H2,1-2H3/t16?,17?,18-,19?/m1/s1. The highest BCUT2D eigenvalue weighted by Crippen LogP contribution is 2.25. The van der Waals surface area contributed by atoms with Crippen molar-refractivity contribution >= 4 is 0 Å². The van der Waals surface area contributed by atoms with Gasteiger partial charge in [-0.15, -0.1) is 0 Å². The highest BCUT2D eigenvalue weighted by Gasteiger charge is 2.26. The Morgan fingerprint density at radius 2 is 1.17 bits per heavy atom. The molecule has 23 heavy (non-hydrogen) atoms. The Hall–Kier alpha value is -0.160. The van der Waals surface area contributed by atoms with Gasteiger partial charge in [-0.2, -0.15) is 0 Å². The zero-order valence-electron chi connectivity index (χ0n) is 15.5. The second kappa shape index (κ2) is 11.4. The van der Waals surface area contributed by atoms with E-state index in [9.17, 15) is 0 Å². The van der Waals surface area contributed by atoms with Gasteiger partial charge in [-0.1, -0.05) is 26.7 Å². The molecule has 4 N–H and O–H groups in total. The maximum Gasteiger partial charge on any atom is 0.0107 e. The highest BCUT2D eigenvalue weighted by molar-refractivity contribution is 4.85. The van der Waals surface area contributed by atoms with E-state index in [0.29, 0.717) is 0 Å². The van der Waals surface area contributed by atoms with E-state index in [-0.39, 0.29) is 0 Å². The van der Waals surface area contributed by atoms with Crippen LogP contribution < -0.4 is 21.3 Å². The van der Waals surface area contributed by atoms with Crippen molar-refractivity contribution in [2.45, 2.75) is 70.9 Å². The average Bonchev–Trinajstić information content (AvgIpc) is 3.17. The summed E-state index contributed by atoms with van der Waals surface area (Å²) in [5, 5.41) is 14.6. The minimum Gasteiger partial charge on any atom is -0.316 e. The maximum absolute atomic E-state index is 3.68. The van der Waals surface area contributed by atoms with E-state index in [4.69, 9.17) is 0 Å². The lowest BCUT2D eigenvalue weighted by molar-refractivity contribution is 0.376. The topological polar surface area (TPSA) is 48.1 Å².